The molecule has 5 N–H and O–H groups in total. The fourth-order valence-corrected chi connectivity index (χ4v) is 6.20. The summed E-state index contributed by atoms with van der Waals surface area (Å²) >= 11 is 9.81. The zero-order valence-electron chi connectivity index (χ0n) is 24.6. The van der Waals surface area contributed by atoms with Crippen LogP contribution < -0.4 is 20.7 Å². The van der Waals surface area contributed by atoms with Gasteiger partial charge in [-0.3, -0.25) is 0 Å². The Balaban J connectivity index is -0.000000185. The number of halogens is 2. The highest BCUT2D eigenvalue weighted by Gasteiger charge is 2.21. The highest BCUT2D eigenvalue weighted by atomic mass is 35.7. The second-order valence-corrected chi connectivity index (χ2v) is 20.5. The molecular formula is C21H61Cl2N5Si4. The van der Waals surface area contributed by atoms with Crippen LogP contribution in [0.25, 0.3) is 0 Å². The highest BCUT2D eigenvalue weighted by molar-refractivity contribution is 7.22. The summed E-state index contributed by atoms with van der Waals surface area (Å²) in [6.07, 6.45) is 0. The molecule has 0 atom stereocenters. The lowest BCUT2D eigenvalue weighted by Gasteiger charge is -2.37. The lowest BCUT2D eigenvalue weighted by atomic mass is 10.1. The minimum absolute atomic E-state index is 0. The van der Waals surface area contributed by atoms with E-state index in [9.17, 15) is 0 Å². The monoisotopic (exact) mass is 565 g/mol. The molecule has 200 valence electrons. The zero-order valence-corrected chi connectivity index (χ0v) is 31.8. The van der Waals surface area contributed by atoms with Crippen LogP contribution in [0.3, 0.4) is 0 Å². The summed E-state index contributed by atoms with van der Waals surface area (Å²) in [5.74, 6) is 0. The van der Waals surface area contributed by atoms with Crippen molar-refractivity contribution in [1.29, 1.82) is 0 Å². The Kier molecular flexibility index (Phi) is 23.4. The molecule has 0 amide bonds. The Hall–Kier alpha value is 1.25. The number of nitrogens with two attached hydrogens (primary N) is 1. The van der Waals surface area contributed by atoms with Crippen molar-refractivity contribution >= 4 is 59.7 Å². The van der Waals surface area contributed by atoms with Crippen molar-refractivity contribution in [3.05, 3.63) is 0 Å². The van der Waals surface area contributed by atoms with Crippen LogP contribution >= 0.6 is 22.2 Å². The summed E-state index contributed by atoms with van der Waals surface area (Å²) in [5, 5.41) is 0. The van der Waals surface area contributed by atoms with Crippen molar-refractivity contribution in [2.75, 3.05) is 0 Å². The lowest BCUT2D eigenvalue weighted by molar-refractivity contribution is 0.363. The SMILES string of the molecule is CC(C)(C)N.CC(C)(C)N[SiH2]NC(C)(C)C.C[SiH2]N([SiH2]NC(C)(C)C)C(C)(C)C.Cl[SiH2]Cl. The first-order chi connectivity index (χ1) is 13.8. The molecular weight excluding hydrogens is 506 g/mol. The van der Waals surface area contributed by atoms with Crippen molar-refractivity contribution in [1.82, 2.24) is 19.2 Å². The Morgan fingerprint density at radius 3 is 1.03 bits per heavy atom. The second kappa shape index (κ2) is 18.5. The number of rotatable bonds is 5. The Labute approximate surface area is 222 Å². The quantitative estimate of drug-likeness (QED) is 0.304. The summed E-state index contributed by atoms with van der Waals surface area (Å²) in [5.41, 5.74) is 6.56. The van der Waals surface area contributed by atoms with E-state index in [1.807, 2.05) is 20.8 Å². The molecule has 0 aromatic heterocycles. The molecule has 0 radical (unpaired) electrons. The molecule has 0 aromatic rings. The molecule has 0 aliphatic rings. The number of nitrogens with zero attached hydrogens (tertiary/aromatic N) is 1. The van der Waals surface area contributed by atoms with Crippen LogP contribution in [-0.4, -0.2) is 69.4 Å². The van der Waals surface area contributed by atoms with Crippen molar-refractivity contribution in [3.63, 3.8) is 0 Å². The molecule has 0 saturated heterocycles. The van der Waals surface area contributed by atoms with E-state index in [1.54, 1.807) is 0 Å². The fourth-order valence-electron chi connectivity index (χ4n) is 1.73. The molecule has 0 rings (SSSR count). The second-order valence-electron chi connectivity index (χ2n) is 13.1. The van der Waals surface area contributed by atoms with Crippen molar-refractivity contribution in [2.45, 2.75) is 138 Å². The van der Waals surface area contributed by atoms with Crippen LogP contribution in [0.4, 0.5) is 0 Å². The van der Waals surface area contributed by atoms with Crippen LogP contribution in [-0.2, 0) is 0 Å². The molecule has 0 fully saturated rings. The number of nitrogens with one attached hydrogen (secondary N) is 3. The smallest absolute Gasteiger partial charge is 0.222 e. The first kappa shape index (κ1) is 40.4. The highest BCUT2D eigenvalue weighted by Crippen LogP contribution is 2.10. The van der Waals surface area contributed by atoms with Gasteiger partial charge in [-0.1, -0.05) is 6.55 Å². The van der Waals surface area contributed by atoms with E-state index in [-0.39, 0.29) is 46.0 Å². The van der Waals surface area contributed by atoms with Gasteiger partial charge in [0.05, 0.1) is 9.68 Å². The third-order valence-electron chi connectivity index (χ3n) is 3.37. The molecule has 32 heavy (non-hydrogen) atoms. The molecule has 0 spiro atoms. The molecule has 5 nitrogen and oxygen atoms in total. The lowest BCUT2D eigenvalue weighted by Crippen LogP contribution is -2.54. The van der Waals surface area contributed by atoms with Gasteiger partial charge in [0, 0.05) is 27.7 Å². The maximum absolute atomic E-state index is 5.35. The van der Waals surface area contributed by atoms with Gasteiger partial charge in [0.1, 0.15) is 0 Å². The van der Waals surface area contributed by atoms with Gasteiger partial charge in [-0.15, -0.1) is 0 Å². The van der Waals surface area contributed by atoms with Gasteiger partial charge in [-0.25, -0.2) is 0 Å². The minimum Gasteiger partial charge on any atom is -0.339 e. The van der Waals surface area contributed by atoms with E-state index in [0.29, 0.717) is 11.1 Å². The van der Waals surface area contributed by atoms with Gasteiger partial charge in [0.25, 0.3) is 0 Å². The summed E-state index contributed by atoms with van der Waals surface area (Å²) in [6, 6.07) is 0. The first-order valence-electron chi connectivity index (χ1n) is 11.7. The van der Waals surface area contributed by atoms with Crippen molar-refractivity contribution in [3.8, 4) is 0 Å². The molecule has 0 bridgehead atoms. The van der Waals surface area contributed by atoms with E-state index >= 15 is 0 Å². The third kappa shape index (κ3) is 52.9. The third-order valence-corrected chi connectivity index (χ3v) is 12.1. The van der Waals surface area contributed by atoms with Crippen LogP contribution in [0, 0.1) is 0 Å². The van der Waals surface area contributed by atoms with E-state index in [0.717, 1.165) is 0 Å². The predicted octanol–water partition coefficient (Wildman–Crippen LogP) is 2.57. The standard InChI is InChI=1S/C9H26N2Si2.C8H22N2Si.C4H11N.Cl2H2Si/c1-8(2,3)10-13-11(12-7)9(4,5)6;1-7(2,3)9-11-10-8(4,5)6;1-4(2,3)5;1-3-2/h10H,12-13H2,1-7H3;9-10H,11H2,1-6H3;5H2,1-3H3;3H2. The molecule has 0 aromatic carbocycles. The van der Waals surface area contributed by atoms with Crippen LogP contribution in [0.15, 0.2) is 0 Å². The topological polar surface area (TPSA) is 65.3 Å². The van der Waals surface area contributed by atoms with Gasteiger partial charge < -0.3 is 24.9 Å². The fraction of sp³-hybridized carbons (Fsp3) is 1.00. The molecule has 0 heterocycles. The minimum atomic E-state index is -0.639. The van der Waals surface area contributed by atoms with E-state index in [1.165, 1.54) is 0 Å². The maximum Gasteiger partial charge on any atom is 0.222 e. The molecule has 0 aliphatic heterocycles. The molecule has 0 aliphatic carbocycles. The Bertz CT molecular complexity index is 404. The van der Waals surface area contributed by atoms with Crippen molar-refractivity contribution in [2.24, 2.45) is 5.73 Å². The van der Waals surface area contributed by atoms with Gasteiger partial charge in [0.2, 0.25) is 8.14 Å². The summed E-state index contributed by atoms with van der Waals surface area (Å²) < 4.78 is 2.71. The average molecular weight is 567 g/mol. The van der Waals surface area contributed by atoms with E-state index in [4.69, 9.17) is 27.9 Å². The van der Waals surface area contributed by atoms with E-state index < -0.39 is 8.14 Å². The van der Waals surface area contributed by atoms with Crippen molar-refractivity contribution < 1.29 is 0 Å². The molecule has 11 heteroatoms. The normalized spacial score (nSPS) is 13.5. The largest absolute Gasteiger partial charge is 0.339 e. The average Bonchev–Trinajstić information content (AvgIpc) is 2.41. The molecule has 0 saturated carbocycles. The first-order valence-corrected chi connectivity index (χ1v) is 20.8. The van der Waals surface area contributed by atoms with Gasteiger partial charge in [0.15, 0.2) is 19.7 Å². The van der Waals surface area contributed by atoms with Crippen LogP contribution in [0.2, 0.25) is 6.55 Å². The van der Waals surface area contributed by atoms with Crippen LogP contribution in [0.1, 0.15) is 104 Å². The van der Waals surface area contributed by atoms with Gasteiger partial charge in [-0.2, -0.15) is 22.2 Å². The van der Waals surface area contributed by atoms with Gasteiger partial charge in [-0.05, 0) is 104 Å². The molecule has 0 unspecified atom stereocenters. The Morgan fingerprint density at radius 2 is 0.875 bits per heavy atom. The predicted molar refractivity (Wildman–Crippen MR) is 166 cm³/mol. The van der Waals surface area contributed by atoms with Gasteiger partial charge >= 0.3 is 0 Å². The number of hydrogen-bond donors (Lipinski definition) is 4. The van der Waals surface area contributed by atoms with E-state index in [2.05, 4.69) is 109 Å². The summed E-state index contributed by atoms with van der Waals surface area (Å²) in [7, 11) is -1.19. The summed E-state index contributed by atoms with van der Waals surface area (Å²) in [4.78, 5) is 10.7. The number of hydrogen-bond acceptors (Lipinski definition) is 5. The van der Waals surface area contributed by atoms with Crippen LogP contribution in [0.5, 0.6) is 0 Å². The Morgan fingerprint density at radius 1 is 0.625 bits per heavy atom. The zero-order chi connectivity index (χ0) is 27.0. The summed E-state index contributed by atoms with van der Waals surface area (Å²) in [6.45, 7) is 35.2. The maximum atomic E-state index is 5.35.